The number of rotatable bonds is 4. The first-order valence-electron chi connectivity index (χ1n) is 4.45. The van der Waals surface area contributed by atoms with Gasteiger partial charge in [0.2, 0.25) is 0 Å². The van der Waals surface area contributed by atoms with Gasteiger partial charge in [-0.05, 0) is 31.0 Å². The molecule has 0 aromatic heterocycles. The Kier molecular flexibility index (Phi) is 4.17. The lowest BCUT2D eigenvalue weighted by atomic mass is 10.2. The van der Waals surface area contributed by atoms with Crippen molar-refractivity contribution < 1.29 is 9.50 Å². The maximum absolute atomic E-state index is 13.0. The zero-order valence-corrected chi connectivity index (χ0v) is 8.74. The number of anilines is 1. The fourth-order valence-electron chi connectivity index (χ4n) is 1.09. The van der Waals surface area contributed by atoms with Crippen LogP contribution in [0.5, 0.6) is 0 Å². The highest BCUT2D eigenvalue weighted by atomic mass is 35.5. The molecule has 0 unspecified atom stereocenters. The van der Waals surface area contributed by atoms with E-state index in [2.05, 4.69) is 5.32 Å². The quantitative estimate of drug-likeness (QED) is 0.760. The molecule has 78 valence electrons. The predicted molar refractivity (Wildman–Crippen MR) is 56.3 cm³/mol. The molecule has 4 heteroatoms. The van der Waals surface area contributed by atoms with E-state index < -0.39 is 0 Å². The molecule has 1 rings (SSSR count). The molecule has 2 N–H and O–H groups in total. The fraction of sp³-hybridized carbons (Fsp3) is 0.400. The third-order valence-corrected chi connectivity index (χ3v) is 2.21. The Morgan fingerprint density at radius 3 is 2.86 bits per heavy atom. The fourth-order valence-corrected chi connectivity index (χ4v) is 1.31. The molecule has 0 aliphatic carbocycles. The lowest BCUT2D eigenvalue weighted by molar-refractivity contribution is 0.292. The lowest BCUT2D eigenvalue weighted by Gasteiger charge is -2.08. The number of hydrogen-bond donors (Lipinski definition) is 2. The van der Waals surface area contributed by atoms with Crippen LogP contribution in [0.4, 0.5) is 10.1 Å². The molecule has 0 amide bonds. The number of aliphatic hydroxyl groups excluding tert-OH is 1. The number of hydrogen-bond acceptors (Lipinski definition) is 2. The second kappa shape index (κ2) is 5.17. The van der Waals surface area contributed by atoms with Crippen molar-refractivity contribution in [2.75, 3.05) is 18.5 Å². The Bertz CT molecular complexity index is 317. The molecule has 0 radical (unpaired) electrons. The van der Waals surface area contributed by atoms with Crippen LogP contribution in [0.25, 0.3) is 0 Å². The minimum Gasteiger partial charge on any atom is -0.396 e. The van der Waals surface area contributed by atoms with Gasteiger partial charge in [-0.3, -0.25) is 0 Å². The zero-order valence-electron chi connectivity index (χ0n) is 7.98. The van der Waals surface area contributed by atoms with Gasteiger partial charge in [-0.25, -0.2) is 4.39 Å². The van der Waals surface area contributed by atoms with Crippen molar-refractivity contribution in [3.63, 3.8) is 0 Å². The van der Waals surface area contributed by atoms with E-state index in [0.717, 1.165) is 0 Å². The molecule has 0 bridgehead atoms. The first-order chi connectivity index (χ1) is 6.65. The van der Waals surface area contributed by atoms with E-state index in [9.17, 15) is 4.39 Å². The molecular formula is C10H13ClFNO. The van der Waals surface area contributed by atoms with Crippen molar-refractivity contribution >= 4 is 17.3 Å². The average Bonchev–Trinajstić information content (AvgIpc) is 2.14. The molecular weight excluding hydrogens is 205 g/mol. The molecule has 14 heavy (non-hydrogen) atoms. The van der Waals surface area contributed by atoms with Gasteiger partial charge in [0.15, 0.2) is 0 Å². The Morgan fingerprint density at radius 2 is 2.21 bits per heavy atom. The van der Waals surface area contributed by atoms with Gasteiger partial charge < -0.3 is 10.4 Å². The summed E-state index contributed by atoms with van der Waals surface area (Å²) in [6, 6.07) is 2.95. The van der Waals surface area contributed by atoms with Gasteiger partial charge >= 0.3 is 0 Å². The highest BCUT2D eigenvalue weighted by Crippen LogP contribution is 2.24. The standard InChI is InChI=1S/C10H13ClFNO/c1-7-5-10(13-3-2-4-14)8(11)6-9(7)12/h5-6,13-14H,2-4H2,1H3. The molecule has 0 aliphatic rings. The molecule has 0 fully saturated rings. The van der Waals surface area contributed by atoms with Crippen LogP contribution in [-0.2, 0) is 0 Å². The Morgan fingerprint density at radius 1 is 1.50 bits per heavy atom. The Balaban J connectivity index is 2.72. The average molecular weight is 218 g/mol. The lowest BCUT2D eigenvalue weighted by Crippen LogP contribution is -2.04. The normalized spacial score (nSPS) is 10.3. The van der Waals surface area contributed by atoms with Crippen molar-refractivity contribution in [1.82, 2.24) is 0 Å². The van der Waals surface area contributed by atoms with Gasteiger partial charge in [0.1, 0.15) is 5.82 Å². The van der Waals surface area contributed by atoms with Crippen LogP contribution in [0, 0.1) is 12.7 Å². The van der Waals surface area contributed by atoms with Crippen LogP contribution in [0.3, 0.4) is 0 Å². The van der Waals surface area contributed by atoms with E-state index in [0.29, 0.717) is 29.2 Å². The molecule has 0 saturated heterocycles. The minimum atomic E-state index is -0.303. The van der Waals surface area contributed by atoms with Crippen molar-refractivity contribution in [2.24, 2.45) is 0 Å². The predicted octanol–water partition coefficient (Wildman–Crippen LogP) is 2.58. The summed E-state index contributed by atoms with van der Waals surface area (Å²) in [6.45, 7) is 2.44. The summed E-state index contributed by atoms with van der Waals surface area (Å²) in [5.41, 5.74) is 1.26. The largest absolute Gasteiger partial charge is 0.396 e. The highest BCUT2D eigenvalue weighted by molar-refractivity contribution is 6.33. The number of halogens is 2. The Hall–Kier alpha value is -0.800. The Labute approximate surface area is 87.7 Å². The molecule has 0 aliphatic heterocycles. The number of aliphatic hydroxyl groups is 1. The summed E-state index contributed by atoms with van der Waals surface area (Å²) in [7, 11) is 0. The van der Waals surface area contributed by atoms with E-state index in [4.69, 9.17) is 16.7 Å². The summed E-state index contributed by atoms with van der Waals surface area (Å²) >= 11 is 5.82. The second-order valence-corrected chi connectivity index (χ2v) is 3.49. The SMILES string of the molecule is Cc1cc(NCCCO)c(Cl)cc1F. The molecule has 0 atom stereocenters. The highest BCUT2D eigenvalue weighted by Gasteiger charge is 2.04. The van der Waals surface area contributed by atoms with Crippen LogP contribution in [0.2, 0.25) is 5.02 Å². The van der Waals surface area contributed by atoms with E-state index in [1.54, 1.807) is 13.0 Å². The van der Waals surface area contributed by atoms with Gasteiger partial charge in [-0.2, -0.15) is 0 Å². The summed E-state index contributed by atoms with van der Waals surface area (Å²) < 4.78 is 13.0. The van der Waals surface area contributed by atoms with Gasteiger partial charge in [0.05, 0.1) is 10.7 Å². The molecule has 1 aromatic rings. The topological polar surface area (TPSA) is 32.3 Å². The number of aryl methyl sites for hydroxylation is 1. The van der Waals surface area contributed by atoms with Crippen LogP contribution in [0.1, 0.15) is 12.0 Å². The maximum Gasteiger partial charge on any atom is 0.127 e. The van der Waals surface area contributed by atoms with Gasteiger partial charge in [0.25, 0.3) is 0 Å². The first-order valence-corrected chi connectivity index (χ1v) is 4.83. The van der Waals surface area contributed by atoms with Crippen LogP contribution >= 0.6 is 11.6 Å². The third-order valence-electron chi connectivity index (χ3n) is 1.90. The minimum absolute atomic E-state index is 0.130. The molecule has 0 saturated carbocycles. The van der Waals surface area contributed by atoms with Crippen LogP contribution in [0.15, 0.2) is 12.1 Å². The third kappa shape index (κ3) is 2.86. The van der Waals surface area contributed by atoms with E-state index in [1.165, 1.54) is 6.07 Å². The van der Waals surface area contributed by atoms with E-state index in [1.807, 2.05) is 0 Å². The summed E-state index contributed by atoms with van der Waals surface area (Å²) in [6.07, 6.45) is 0.646. The zero-order chi connectivity index (χ0) is 10.6. The van der Waals surface area contributed by atoms with E-state index in [-0.39, 0.29) is 12.4 Å². The molecule has 0 heterocycles. The maximum atomic E-state index is 13.0. The molecule has 0 spiro atoms. The molecule has 2 nitrogen and oxygen atoms in total. The molecule has 1 aromatic carbocycles. The number of benzene rings is 1. The summed E-state index contributed by atoms with van der Waals surface area (Å²) in [4.78, 5) is 0. The van der Waals surface area contributed by atoms with Crippen molar-refractivity contribution in [3.05, 3.63) is 28.5 Å². The summed E-state index contributed by atoms with van der Waals surface area (Å²) in [5, 5.41) is 12.0. The number of nitrogens with one attached hydrogen (secondary N) is 1. The monoisotopic (exact) mass is 217 g/mol. The van der Waals surface area contributed by atoms with Crippen molar-refractivity contribution in [3.8, 4) is 0 Å². The summed E-state index contributed by atoms with van der Waals surface area (Å²) in [5.74, 6) is -0.303. The second-order valence-electron chi connectivity index (χ2n) is 3.09. The van der Waals surface area contributed by atoms with Crippen molar-refractivity contribution in [2.45, 2.75) is 13.3 Å². The van der Waals surface area contributed by atoms with E-state index >= 15 is 0 Å². The van der Waals surface area contributed by atoms with Gasteiger partial charge in [-0.15, -0.1) is 0 Å². The van der Waals surface area contributed by atoms with Crippen LogP contribution < -0.4 is 5.32 Å². The van der Waals surface area contributed by atoms with Gasteiger partial charge in [0, 0.05) is 13.2 Å². The van der Waals surface area contributed by atoms with Crippen LogP contribution in [-0.4, -0.2) is 18.3 Å². The van der Waals surface area contributed by atoms with Gasteiger partial charge in [-0.1, -0.05) is 11.6 Å². The van der Waals surface area contributed by atoms with Crippen molar-refractivity contribution in [1.29, 1.82) is 0 Å². The smallest absolute Gasteiger partial charge is 0.127 e. The first kappa shape index (κ1) is 11.3.